The van der Waals surface area contributed by atoms with Crippen LogP contribution in [0.25, 0.3) is 0 Å². The second-order valence-corrected chi connectivity index (χ2v) is 6.15. The molecular weight excluding hydrogens is 274 g/mol. The van der Waals surface area contributed by atoms with Gasteiger partial charge in [-0.2, -0.15) is 0 Å². The summed E-state index contributed by atoms with van der Waals surface area (Å²) in [5.74, 6) is 0.174. The van der Waals surface area contributed by atoms with Crippen LogP contribution < -0.4 is 16.4 Å². The minimum atomic E-state index is -0.129. The molecule has 20 heavy (non-hydrogen) atoms. The first-order valence-corrected chi connectivity index (χ1v) is 7.95. The molecule has 1 aliphatic heterocycles. The number of rotatable bonds is 6. The lowest BCUT2D eigenvalue weighted by Crippen LogP contribution is -2.41. The molecule has 0 spiro atoms. The number of carbonyl (C=O) groups is 1. The van der Waals surface area contributed by atoms with Gasteiger partial charge in [0.05, 0.1) is 0 Å². The van der Waals surface area contributed by atoms with E-state index in [2.05, 4.69) is 20.5 Å². The van der Waals surface area contributed by atoms with Crippen LogP contribution in [-0.2, 0) is 0 Å². The molecule has 1 saturated heterocycles. The molecule has 1 unspecified atom stereocenters. The number of amides is 1. The number of aromatic nitrogens is 1. The Balaban J connectivity index is 1.89. The molecular formula is C13H23N5OS. The van der Waals surface area contributed by atoms with Crippen molar-refractivity contribution in [2.45, 2.75) is 32.7 Å². The third-order valence-corrected chi connectivity index (χ3v) is 4.32. The number of hydrogen-bond donors (Lipinski definition) is 3. The second-order valence-electron chi connectivity index (χ2n) is 5.15. The molecule has 1 aliphatic rings. The van der Waals surface area contributed by atoms with Crippen LogP contribution in [0.5, 0.6) is 0 Å². The van der Waals surface area contributed by atoms with Crippen molar-refractivity contribution in [3.63, 3.8) is 0 Å². The maximum Gasteiger partial charge on any atom is 0.265 e. The fourth-order valence-corrected chi connectivity index (χ4v) is 3.26. The van der Waals surface area contributed by atoms with Crippen LogP contribution in [0.3, 0.4) is 0 Å². The average Bonchev–Trinajstić information content (AvgIpc) is 2.99. The summed E-state index contributed by atoms with van der Waals surface area (Å²) in [6.45, 7) is 7.93. The van der Waals surface area contributed by atoms with Gasteiger partial charge in [-0.3, -0.25) is 4.79 Å². The van der Waals surface area contributed by atoms with Gasteiger partial charge < -0.3 is 21.3 Å². The predicted octanol–water partition coefficient (Wildman–Crippen LogP) is 1.37. The lowest BCUT2D eigenvalue weighted by atomic mass is 10.3. The smallest absolute Gasteiger partial charge is 0.265 e. The summed E-state index contributed by atoms with van der Waals surface area (Å²) in [4.78, 5) is 19.2. The number of thiazole rings is 1. The van der Waals surface area contributed by atoms with Gasteiger partial charge in [0.15, 0.2) is 5.13 Å². The molecule has 0 aliphatic carbocycles. The Labute approximate surface area is 123 Å². The van der Waals surface area contributed by atoms with E-state index in [1.165, 1.54) is 24.2 Å². The van der Waals surface area contributed by atoms with Crippen LogP contribution in [0, 0.1) is 0 Å². The maximum atomic E-state index is 12.2. The van der Waals surface area contributed by atoms with Gasteiger partial charge in [0.1, 0.15) is 10.7 Å². The van der Waals surface area contributed by atoms with Crippen molar-refractivity contribution in [1.82, 2.24) is 15.2 Å². The molecule has 0 radical (unpaired) electrons. The normalized spacial score (nSPS) is 17.1. The Hall–Kier alpha value is -1.34. The van der Waals surface area contributed by atoms with E-state index in [0.717, 1.165) is 26.2 Å². The Kier molecular flexibility index (Phi) is 5.19. The molecule has 0 aromatic carbocycles. The molecule has 1 atom stereocenters. The monoisotopic (exact) mass is 297 g/mol. The zero-order chi connectivity index (χ0) is 14.5. The van der Waals surface area contributed by atoms with E-state index in [9.17, 15) is 4.79 Å². The number of hydrogen-bond acceptors (Lipinski definition) is 6. The van der Waals surface area contributed by atoms with Crippen molar-refractivity contribution in [3.05, 3.63) is 4.88 Å². The predicted molar refractivity (Wildman–Crippen MR) is 83.3 cm³/mol. The van der Waals surface area contributed by atoms with E-state index in [1.54, 1.807) is 0 Å². The minimum Gasteiger partial charge on any atom is -0.382 e. The largest absolute Gasteiger partial charge is 0.382 e. The summed E-state index contributed by atoms with van der Waals surface area (Å²) >= 11 is 1.30. The van der Waals surface area contributed by atoms with Crippen LogP contribution in [0.1, 0.15) is 36.4 Å². The first kappa shape index (κ1) is 15.1. The summed E-state index contributed by atoms with van der Waals surface area (Å²) < 4.78 is 0. The third kappa shape index (κ3) is 3.83. The highest BCUT2D eigenvalue weighted by Crippen LogP contribution is 2.24. The zero-order valence-corrected chi connectivity index (χ0v) is 12.9. The average molecular weight is 297 g/mol. The quantitative estimate of drug-likeness (QED) is 0.738. The van der Waals surface area contributed by atoms with Crippen molar-refractivity contribution in [2.75, 3.05) is 37.2 Å². The molecule has 1 fully saturated rings. The van der Waals surface area contributed by atoms with Gasteiger partial charge in [-0.25, -0.2) is 4.98 Å². The van der Waals surface area contributed by atoms with Crippen LogP contribution in [-0.4, -0.2) is 48.0 Å². The summed E-state index contributed by atoms with van der Waals surface area (Å²) in [7, 11) is 0. The summed E-state index contributed by atoms with van der Waals surface area (Å²) in [6.07, 6.45) is 2.52. The van der Waals surface area contributed by atoms with E-state index in [0.29, 0.717) is 15.8 Å². The highest BCUT2D eigenvalue weighted by molar-refractivity contribution is 7.18. The molecule has 2 rings (SSSR count). The van der Waals surface area contributed by atoms with E-state index in [1.807, 2.05) is 13.8 Å². The van der Waals surface area contributed by atoms with Crippen molar-refractivity contribution in [2.24, 2.45) is 0 Å². The van der Waals surface area contributed by atoms with Gasteiger partial charge in [-0.15, -0.1) is 0 Å². The molecule has 1 aromatic heterocycles. The van der Waals surface area contributed by atoms with Gasteiger partial charge >= 0.3 is 0 Å². The number of carbonyl (C=O) groups excluding carboxylic acids is 1. The summed E-state index contributed by atoms with van der Waals surface area (Å²) in [6, 6.07) is 0.115. The lowest BCUT2D eigenvalue weighted by Gasteiger charge is -2.20. The third-order valence-electron chi connectivity index (χ3n) is 3.30. The van der Waals surface area contributed by atoms with E-state index >= 15 is 0 Å². The molecule has 2 heterocycles. The SMILES string of the molecule is CCNc1nc(N)c(C(=O)NC(C)CN2CCCC2)s1. The molecule has 1 amide bonds. The molecule has 112 valence electrons. The second kappa shape index (κ2) is 6.90. The van der Waals surface area contributed by atoms with E-state index in [4.69, 9.17) is 5.73 Å². The standard InChI is InChI=1S/C13H23N5OS/c1-3-15-13-17-11(14)10(20-13)12(19)16-9(2)8-18-6-4-5-7-18/h9H,3-8,14H2,1-2H3,(H,15,17)(H,16,19). The number of nitrogens with one attached hydrogen (secondary N) is 2. The van der Waals surface area contributed by atoms with Crippen LogP contribution in [0.15, 0.2) is 0 Å². The van der Waals surface area contributed by atoms with Crippen molar-refractivity contribution in [1.29, 1.82) is 0 Å². The summed E-state index contributed by atoms with van der Waals surface area (Å²) in [5, 5.41) is 6.77. The number of likely N-dealkylation sites (tertiary alicyclic amines) is 1. The van der Waals surface area contributed by atoms with E-state index in [-0.39, 0.29) is 11.9 Å². The number of anilines is 2. The van der Waals surface area contributed by atoms with Gasteiger partial charge in [-0.1, -0.05) is 11.3 Å². The fourth-order valence-electron chi connectivity index (χ4n) is 2.41. The van der Waals surface area contributed by atoms with Crippen LogP contribution in [0.2, 0.25) is 0 Å². The number of nitrogens with zero attached hydrogens (tertiary/aromatic N) is 2. The molecule has 1 aromatic rings. The summed E-state index contributed by atoms with van der Waals surface area (Å²) in [5.41, 5.74) is 5.80. The van der Waals surface area contributed by atoms with Crippen LogP contribution >= 0.6 is 11.3 Å². The Morgan fingerprint density at radius 2 is 2.20 bits per heavy atom. The lowest BCUT2D eigenvalue weighted by molar-refractivity contribution is 0.0936. The van der Waals surface area contributed by atoms with Crippen molar-refractivity contribution < 1.29 is 4.79 Å². The Morgan fingerprint density at radius 3 is 2.85 bits per heavy atom. The molecule has 6 nitrogen and oxygen atoms in total. The Morgan fingerprint density at radius 1 is 1.50 bits per heavy atom. The van der Waals surface area contributed by atoms with Gasteiger partial charge in [0.2, 0.25) is 0 Å². The van der Waals surface area contributed by atoms with Gasteiger partial charge in [0.25, 0.3) is 5.91 Å². The zero-order valence-electron chi connectivity index (χ0n) is 12.1. The van der Waals surface area contributed by atoms with E-state index < -0.39 is 0 Å². The highest BCUT2D eigenvalue weighted by Gasteiger charge is 2.20. The van der Waals surface area contributed by atoms with Crippen molar-refractivity contribution in [3.8, 4) is 0 Å². The molecule has 0 saturated carbocycles. The topological polar surface area (TPSA) is 83.3 Å². The van der Waals surface area contributed by atoms with Crippen LogP contribution in [0.4, 0.5) is 10.9 Å². The molecule has 4 N–H and O–H groups in total. The molecule has 0 bridgehead atoms. The van der Waals surface area contributed by atoms with Crippen molar-refractivity contribution >= 4 is 28.2 Å². The first-order chi connectivity index (χ1) is 9.60. The van der Waals surface area contributed by atoms with Gasteiger partial charge in [0, 0.05) is 19.1 Å². The minimum absolute atomic E-state index is 0.115. The number of nitrogens with two attached hydrogens (primary N) is 1. The maximum absolute atomic E-state index is 12.2. The number of nitrogen functional groups attached to an aromatic ring is 1. The fraction of sp³-hybridized carbons (Fsp3) is 0.692. The first-order valence-electron chi connectivity index (χ1n) is 7.13. The molecule has 7 heteroatoms. The van der Waals surface area contributed by atoms with Gasteiger partial charge in [-0.05, 0) is 39.8 Å². The highest BCUT2D eigenvalue weighted by atomic mass is 32.1. The Bertz CT molecular complexity index is 456.